The van der Waals surface area contributed by atoms with Crippen LogP contribution < -0.4 is 20.3 Å². The third-order valence-corrected chi connectivity index (χ3v) is 5.33. The van der Waals surface area contributed by atoms with E-state index < -0.39 is 0 Å². The lowest BCUT2D eigenvalue weighted by Crippen LogP contribution is -2.35. The lowest BCUT2D eigenvalue weighted by atomic mass is 10.0. The van der Waals surface area contributed by atoms with Gasteiger partial charge in [-0.3, -0.25) is 0 Å². The largest absolute Gasteiger partial charge is 0.465 e. The van der Waals surface area contributed by atoms with Crippen molar-refractivity contribution in [1.29, 1.82) is 0 Å². The Labute approximate surface area is 187 Å². The average Bonchev–Trinajstić information content (AvgIpc) is 3.18. The standard InChI is InChI=1S/C23H27N5O2S/c1-16-7-6-12-28(15-16)20-13-21(30-18-8-4-3-5-9-18)26-22(25-20)27-23(31)24-14-19-11-10-17(2)29-19/h3-5,8-11,13,16H,6-7,12,14-15H2,1-2H3,(H2,24,25,26,27,31). The molecule has 1 aliphatic rings. The van der Waals surface area contributed by atoms with Crippen molar-refractivity contribution in [3.05, 3.63) is 60.1 Å². The number of anilines is 2. The van der Waals surface area contributed by atoms with Crippen molar-refractivity contribution in [2.75, 3.05) is 23.3 Å². The number of nitrogens with one attached hydrogen (secondary N) is 2. The van der Waals surface area contributed by atoms with Gasteiger partial charge in [-0.25, -0.2) is 0 Å². The predicted octanol–water partition coefficient (Wildman–Crippen LogP) is 4.89. The SMILES string of the molecule is Cc1ccc(CNC(=S)Nc2nc(Oc3ccccc3)cc(N3CCCC(C)C3)n2)o1. The molecule has 162 valence electrons. The van der Waals surface area contributed by atoms with E-state index in [1.807, 2.05) is 55.5 Å². The maximum Gasteiger partial charge on any atom is 0.234 e. The summed E-state index contributed by atoms with van der Waals surface area (Å²) in [5.41, 5.74) is 0. The van der Waals surface area contributed by atoms with Crippen molar-refractivity contribution in [1.82, 2.24) is 15.3 Å². The molecule has 1 aromatic carbocycles. The smallest absolute Gasteiger partial charge is 0.234 e. The summed E-state index contributed by atoms with van der Waals surface area (Å²) in [6, 6.07) is 15.3. The van der Waals surface area contributed by atoms with Gasteiger partial charge in [-0.1, -0.05) is 25.1 Å². The fourth-order valence-corrected chi connectivity index (χ4v) is 3.75. The molecule has 1 atom stereocenters. The lowest BCUT2D eigenvalue weighted by Gasteiger charge is -2.32. The Morgan fingerprint density at radius 2 is 2.06 bits per heavy atom. The van der Waals surface area contributed by atoms with Gasteiger partial charge in [0.1, 0.15) is 23.1 Å². The first-order chi connectivity index (χ1) is 15.0. The summed E-state index contributed by atoms with van der Waals surface area (Å²) in [5, 5.41) is 6.63. The summed E-state index contributed by atoms with van der Waals surface area (Å²) in [4.78, 5) is 11.5. The highest BCUT2D eigenvalue weighted by Gasteiger charge is 2.20. The van der Waals surface area contributed by atoms with E-state index in [9.17, 15) is 0 Å². The molecular weight excluding hydrogens is 410 g/mol. The number of aromatic nitrogens is 2. The van der Waals surface area contributed by atoms with Gasteiger partial charge in [-0.15, -0.1) is 0 Å². The minimum Gasteiger partial charge on any atom is -0.465 e. The van der Waals surface area contributed by atoms with Gasteiger partial charge in [0, 0.05) is 19.2 Å². The monoisotopic (exact) mass is 437 g/mol. The van der Waals surface area contributed by atoms with Crippen molar-refractivity contribution in [2.24, 2.45) is 5.92 Å². The second-order valence-corrected chi connectivity index (χ2v) is 8.22. The first kappa shape index (κ1) is 21.1. The van der Waals surface area contributed by atoms with Crippen LogP contribution in [0, 0.1) is 12.8 Å². The third-order valence-electron chi connectivity index (χ3n) is 5.08. The number of benzene rings is 1. The van der Waals surface area contributed by atoms with E-state index in [0.717, 1.165) is 42.6 Å². The quantitative estimate of drug-likeness (QED) is 0.528. The van der Waals surface area contributed by atoms with Crippen molar-refractivity contribution < 1.29 is 9.15 Å². The molecule has 0 saturated carbocycles. The van der Waals surface area contributed by atoms with Crippen LogP contribution in [-0.2, 0) is 6.54 Å². The summed E-state index contributed by atoms with van der Waals surface area (Å²) in [6.07, 6.45) is 2.38. The van der Waals surface area contributed by atoms with Crippen LogP contribution in [0.25, 0.3) is 0 Å². The molecule has 1 saturated heterocycles. The Morgan fingerprint density at radius 3 is 2.81 bits per heavy atom. The Bertz CT molecular complexity index is 1020. The van der Waals surface area contributed by atoms with E-state index in [1.54, 1.807) is 0 Å². The number of hydrogen-bond donors (Lipinski definition) is 2. The number of aryl methyl sites for hydroxylation is 1. The molecule has 1 unspecified atom stereocenters. The Balaban J connectivity index is 1.51. The molecule has 0 amide bonds. The van der Waals surface area contributed by atoms with Crippen LogP contribution in [0.1, 0.15) is 31.3 Å². The fourth-order valence-electron chi connectivity index (χ4n) is 3.58. The van der Waals surface area contributed by atoms with Gasteiger partial charge in [0.25, 0.3) is 0 Å². The molecule has 1 fully saturated rings. The summed E-state index contributed by atoms with van der Waals surface area (Å²) < 4.78 is 11.6. The van der Waals surface area contributed by atoms with Gasteiger partial charge in [0.05, 0.1) is 6.54 Å². The zero-order chi connectivity index (χ0) is 21.6. The number of nitrogens with zero attached hydrogens (tertiary/aromatic N) is 3. The average molecular weight is 438 g/mol. The van der Waals surface area contributed by atoms with Gasteiger partial charge in [-0.05, 0) is 62.2 Å². The summed E-state index contributed by atoms with van der Waals surface area (Å²) in [5.74, 6) is 4.73. The molecule has 31 heavy (non-hydrogen) atoms. The van der Waals surface area contributed by atoms with Crippen LogP contribution in [0.2, 0.25) is 0 Å². The van der Waals surface area contributed by atoms with E-state index in [-0.39, 0.29) is 0 Å². The molecule has 7 nitrogen and oxygen atoms in total. The Hall–Kier alpha value is -3.13. The van der Waals surface area contributed by atoms with Crippen LogP contribution in [0.15, 0.2) is 52.9 Å². The topological polar surface area (TPSA) is 75.5 Å². The zero-order valence-corrected chi connectivity index (χ0v) is 18.6. The zero-order valence-electron chi connectivity index (χ0n) is 17.8. The molecule has 3 aromatic rings. The molecular formula is C23H27N5O2S. The number of ether oxygens (including phenoxy) is 1. The van der Waals surface area contributed by atoms with Crippen LogP contribution in [0.3, 0.4) is 0 Å². The van der Waals surface area contributed by atoms with Gasteiger partial charge >= 0.3 is 0 Å². The lowest BCUT2D eigenvalue weighted by molar-refractivity contribution is 0.440. The maximum absolute atomic E-state index is 5.99. The fraction of sp³-hybridized carbons (Fsp3) is 0.348. The summed E-state index contributed by atoms with van der Waals surface area (Å²) in [6.45, 7) is 6.59. The first-order valence-electron chi connectivity index (χ1n) is 10.5. The van der Waals surface area contributed by atoms with Crippen LogP contribution >= 0.6 is 12.2 Å². The number of hydrogen-bond acceptors (Lipinski definition) is 6. The first-order valence-corrected chi connectivity index (χ1v) is 10.9. The second kappa shape index (κ2) is 9.78. The second-order valence-electron chi connectivity index (χ2n) is 7.82. The number of furan rings is 1. The molecule has 0 bridgehead atoms. The molecule has 2 aromatic heterocycles. The summed E-state index contributed by atoms with van der Waals surface area (Å²) >= 11 is 5.44. The van der Waals surface area contributed by atoms with Gasteiger partial charge in [0.15, 0.2) is 5.11 Å². The van der Waals surface area contributed by atoms with Crippen LogP contribution in [0.4, 0.5) is 11.8 Å². The van der Waals surface area contributed by atoms with Crippen molar-refractivity contribution in [3.8, 4) is 11.6 Å². The predicted molar refractivity (Wildman–Crippen MR) is 126 cm³/mol. The number of para-hydroxylation sites is 1. The molecule has 0 radical (unpaired) electrons. The van der Waals surface area contributed by atoms with E-state index >= 15 is 0 Å². The third kappa shape index (κ3) is 5.95. The molecule has 1 aliphatic heterocycles. The molecule has 3 heterocycles. The highest BCUT2D eigenvalue weighted by atomic mass is 32.1. The Morgan fingerprint density at radius 1 is 1.23 bits per heavy atom. The number of rotatable bonds is 6. The molecule has 4 rings (SSSR count). The van der Waals surface area contributed by atoms with E-state index in [0.29, 0.717) is 29.4 Å². The van der Waals surface area contributed by atoms with Gasteiger partial charge in [0.2, 0.25) is 11.8 Å². The minimum atomic E-state index is 0.398. The van der Waals surface area contributed by atoms with Gasteiger partial charge < -0.3 is 24.7 Å². The Kier molecular flexibility index (Phi) is 6.66. The maximum atomic E-state index is 5.99. The van der Waals surface area contributed by atoms with E-state index in [4.69, 9.17) is 26.4 Å². The molecule has 8 heteroatoms. The van der Waals surface area contributed by atoms with E-state index in [1.165, 1.54) is 6.42 Å². The molecule has 2 N–H and O–H groups in total. The van der Waals surface area contributed by atoms with Crippen LogP contribution in [0.5, 0.6) is 11.6 Å². The van der Waals surface area contributed by atoms with E-state index in [2.05, 4.69) is 27.4 Å². The van der Waals surface area contributed by atoms with Crippen molar-refractivity contribution in [2.45, 2.75) is 33.2 Å². The molecule has 0 aliphatic carbocycles. The normalized spacial score (nSPS) is 16.1. The summed E-state index contributed by atoms with van der Waals surface area (Å²) in [7, 11) is 0. The molecule has 0 spiro atoms. The number of piperidine rings is 1. The number of thiocarbonyl (C=S) groups is 1. The van der Waals surface area contributed by atoms with Crippen molar-refractivity contribution >= 4 is 29.1 Å². The van der Waals surface area contributed by atoms with Crippen molar-refractivity contribution in [3.63, 3.8) is 0 Å². The van der Waals surface area contributed by atoms with Crippen LogP contribution in [-0.4, -0.2) is 28.2 Å². The highest BCUT2D eigenvalue weighted by Crippen LogP contribution is 2.27. The highest BCUT2D eigenvalue weighted by molar-refractivity contribution is 7.80. The minimum absolute atomic E-state index is 0.398. The van der Waals surface area contributed by atoms with Gasteiger partial charge in [-0.2, -0.15) is 9.97 Å².